The van der Waals surface area contributed by atoms with Crippen molar-refractivity contribution >= 4 is 23.6 Å². The van der Waals surface area contributed by atoms with Crippen LogP contribution in [0.2, 0.25) is 0 Å². The molecule has 0 fully saturated rings. The van der Waals surface area contributed by atoms with Gasteiger partial charge in [-0.25, -0.2) is 0 Å². The maximum absolute atomic E-state index is 13.4. The second kappa shape index (κ2) is 16.5. The largest absolute Gasteiger partial charge is 0.390 e. The van der Waals surface area contributed by atoms with Gasteiger partial charge in [0.2, 0.25) is 11.8 Å². The minimum absolute atomic E-state index is 0.00465. The van der Waals surface area contributed by atoms with E-state index in [1.54, 1.807) is 4.90 Å². The summed E-state index contributed by atoms with van der Waals surface area (Å²) in [6.07, 6.45) is -1.46. The van der Waals surface area contributed by atoms with E-state index >= 15 is 0 Å². The molecule has 4 amide bonds. The highest BCUT2D eigenvalue weighted by molar-refractivity contribution is 6.04. The third-order valence-electron chi connectivity index (χ3n) is 6.58. The first-order valence-electron chi connectivity index (χ1n) is 14.2. The van der Waals surface area contributed by atoms with Crippen LogP contribution in [-0.4, -0.2) is 70.1 Å². The molecule has 2 aromatic carbocycles. The predicted octanol–water partition coefficient (Wildman–Crippen LogP) is 2.62. The van der Waals surface area contributed by atoms with Crippen LogP contribution in [0, 0.1) is 5.92 Å². The van der Waals surface area contributed by atoms with Crippen LogP contribution in [0.3, 0.4) is 0 Å². The second-order valence-electron chi connectivity index (χ2n) is 10.7. The molecule has 0 heterocycles. The van der Waals surface area contributed by atoms with Crippen molar-refractivity contribution in [1.29, 1.82) is 0 Å². The average Bonchev–Trinajstić information content (AvgIpc) is 2.94. The lowest BCUT2D eigenvalue weighted by Crippen LogP contribution is -2.50. The van der Waals surface area contributed by atoms with E-state index in [-0.39, 0.29) is 41.5 Å². The molecule has 0 spiro atoms. The van der Waals surface area contributed by atoms with Gasteiger partial charge in [0.25, 0.3) is 11.8 Å². The summed E-state index contributed by atoms with van der Waals surface area (Å²) in [5.41, 5.74) is 6.58. The molecule has 0 aliphatic rings. The van der Waals surface area contributed by atoms with Gasteiger partial charge in [-0.1, -0.05) is 58.0 Å². The Morgan fingerprint density at radius 1 is 0.902 bits per heavy atom. The molecule has 41 heavy (non-hydrogen) atoms. The van der Waals surface area contributed by atoms with Crippen LogP contribution >= 0.6 is 0 Å². The molecule has 2 aromatic rings. The topological polar surface area (TPSA) is 162 Å². The van der Waals surface area contributed by atoms with E-state index < -0.39 is 36.0 Å². The molecule has 224 valence electrons. The van der Waals surface area contributed by atoms with E-state index in [0.717, 1.165) is 18.4 Å². The zero-order valence-electron chi connectivity index (χ0n) is 24.4. The molecule has 6 N–H and O–H groups in total. The molecular weight excluding hydrogens is 524 g/mol. The van der Waals surface area contributed by atoms with Crippen LogP contribution in [0.4, 0.5) is 0 Å². The molecule has 0 aromatic heterocycles. The number of hydrogen-bond acceptors (Lipinski definition) is 6. The minimum atomic E-state index is -1.45. The van der Waals surface area contributed by atoms with Crippen molar-refractivity contribution in [2.45, 2.75) is 78.2 Å². The van der Waals surface area contributed by atoms with Crippen LogP contribution in [-0.2, 0) is 11.3 Å². The number of primary amides is 1. The van der Waals surface area contributed by atoms with Crippen molar-refractivity contribution in [2.75, 3.05) is 13.1 Å². The van der Waals surface area contributed by atoms with Gasteiger partial charge in [0.15, 0.2) is 0 Å². The van der Waals surface area contributed by atoms with Crippen LogP contribution in [0.1, 0.15) is 90.0 Å². The Hall–Kier alpha value is -3.76. The number of aliphatic hydroxyl groups excluding tert-OH is 2. The summed E-state index contributed by atoms with van der Waals surface area (Å²) in [5, 5.41) is 27.1. The molecule has 0 bridgehead atoms. The molecule has 2 rings (SSSR count). The van der Waals surface area contributed by atoms with Crippen molar-refractivity contribution in [1.82, 2.24) is 15.5 Å². The third-order valence-corrected chi connectivity index (χ3v) is 6.58. The van der Waals surface area contributed by atoms with Gasteiger partial charge in [0, 0.05) is 36.3 Å². The Morgan fingerprint density at radius 2 is 1.49 bits per heavy atom. The standard InChI is InChI=1S/C31H44N4O6/c1-5-12-35(13-6-2)31(41)24-16-22(29(32)39)15-23(17-24)30(40)34-25(14-20(3)4)28(38)26(36)18-27(37)33-19-21-10-8-7-9-11-21/h7-11,15-17,20,25-26,28,36,38H,5-6,12-14,18-19H2,1-4H3,(H2,32,39)(H,33,37)(H,34,40)/t25-,26+,28+/m0/s1. The first-order chi connectivity index (χ1) is 19.5. The molecular formula is C31H44N4O6. The Balaban J connectivity index is 2.21. The van der Waals surface area contributed by atoms with Crippen LogP contribution < -0.4 is 16.4 Å². The number of hydrogen-bond donors (Lipinski definition) is 5. The monoisotopic (exact) mass is 568 g/mol. The van der Waals surface area contributed by atoms with E-state index in [4.69, 9.17) is 5.73 Å². The molecule has 10 nitrogen and oxygen atoms in total. The van der Waals surface area contributed by atoms with E-state index in [1.165, 1.54) is 18.2 Å². The van der Waals surface area contributed by atoms with Crippen LogP contribution in [0.5, 0.6) is 0 Å². The molecule has 0 unspecified atom stereocenters. The van der Waals surface area contributed by atoms with Crippen molar-refractivity contribution < 1.29 is 29.4 Å². The number of aliphatic hydroxyl groups is 2. The number of carbonyl (C=O) groups excluding carboxylic acids is 4. The summed E-state index contributed by atoms with van der Waals surface area (Å²) in [4.78, 5) is 52.7. The zero-order chi connectivity index (χ0) is 30.5. The maximum Gasteiger partial charge on any atom is 0.253 e. The highest BCUT2D eigenvalue weighted by Gasteiger charge is 2.30. The Bertz CT molecular complexity index is 1160. The van der Waals surface area contributed by atoms with E-state index in [2.05, 4.69) is 10.6 Å². The van der Waals surface area contributed by atoms with Gasteiger partial charge in [-0.2, -0.15) is 0 Å². The summed E-state index contributed by atoms with van der Waals surface area (Å²) in [7, 11) is 0. The lowest BCUT2D eigenvalue weighted by molar-refractivity contribution is -0.125. The lowest BCUT2D eigenvalue weighted by atomic mass is 9.94. The molecule has 0 aliphatic carbocycles. The molecule has 0 radical (unpaired) electrons. The fraction of sp³-hybridized carbons (Fsp3) is 0.484. The molecule has 3 atom stereocenters. The number of carbonyl (C=O) groups is 4. The number of rotatable bonds is 16. The van der Waals surface area contributed by atoms with Gasteiger partial charge in [-0.05, 0) is 48.9 Å². The van der Waals surface area contributed by atoms with Crippen molar-refractivity contribution in [3.63, 3.8) is 0 Å². The summed E-state index contributed by atoms with van der Waals surface area (Å²) >= 11 is 0. The summed E-state index contributed by atoms with van der Waals surface area (Å²) in [6.45, 7) is 9.02. The fourth-order valence-corrected chi connectivity index (χ4v) is 4.55. The highest BCUT2D eigenvalue weighted by Crippen LogP contribution is 2.17. The number of nitrogens with one attached hydrogen (secondary N) is 2. The smallest absolute Gasteiger partial charge is 0.253 e. The van der Waals surface area contributed by atoms with Gasteiger partial charge in [-0.3, -0.25) is 19.2 Å². The Morgan fingerprint density at radius 3 is 2.05 bits per heavy atom. The summed E-state index contributed by atoms with van der Waals surface area (Å²) < 4.78 is 0. The van der Waals surface area contributed by atoms with Crippen LogP contribution in [0.15, 0.2) is 48.5 Å². The molecule has 10 heteroatoms. The molecule has 0 aliphatic heterocycles. The lowest BCUT2D eigenvalue weighted by Gasteiger charge is -2.29. The highest BCUT2D eigenvalue weighted by atomic mass is 16.3. The Labute approximate surface area is 242 Å². The number of nitrogens with zero attached hydrogens (tertiary/aromatic N) is 1. The van der Waals surface area contributed by atoms with Gasteiger partial charge < -0.3 is 31.5 Å². The van der Waals surface area contributed by atoms with Crippen LogP contribution in [0.25, 0.3) is 0 Å². The average molecular weight is 569 g/mol. The first-order valence-corrected chi connectivity index (χ1v) is 14.2. The van der Waals surface area contributed by atoms with E-state index in [9.17, 15) is 29.4 Å². The van der Waals surface area contributed by atoms with Crippen molar-refractivity contribution in [2.24, 2.45) is 11.7 Å². The Kier molecular flexibility index (Phi) is 13.5. The van der Waals surface area contributed by atoms with E-state index in [1.807, 2.05) is 58.0 Å². The van der Waals surface area contributed by atoms with Gasteiger partial charge in [0.1, 0.15) is 6.10 Å². The second-order valence-corrected chi connectivity index (χ2v) is 10.7. The van der Waals surface area contributed by atoms with Gasteiger partial charge >= 0.3 is 0 Å². The fourth-order valence-electron chi connectivity index (χ4n) is 4.55. The normalized spacial score (nSPS) is 13.2. The maximum atomic E-state index is 13.4. The van der Waals surface area contributed by atoms with E-state index in [0.29, 0.717) is 19.5 Å². The van der Waals surface area contributed by atoms with Crippen molar-refractivity contribution in [3.05, 3.63) is 70.8 Å². The third kappa shape index (κ3) is 10.6. The van der Waals surface area contributed by atoms with Crippen molar-refractivity contribution in [3.8, 4) is 0 Å². The minimum Gasteiger partial charge on any atom is -0.390 e. The van der Waals surface area contributed by atoms with Gasteiger partial charge in [0.05, 0.1) is 18.6 Å². The number of benzene rings is 2. The first kappa shape index (κ1) is 33.4. The summed E-state index contributed by atoms with van der Waals surface area (Å²) in [6, 6.07) is 12.4. The number of nitrogens with two attached hydrogens (primary N) is 1. The quantitative estimate of drug-likeness (QED) is 0.209. The predicted molar refractivity (Wildman–Crippen MR) is 157 cm³/mol. The molecule has 0 saturated carbocycles. The SMILES string of the molecule is CCCN(CCC)C(=O)c1cc(C(N)=O)cc(C(=O)N[C@@H](CC(C)C)[C@@H](O)[C@H](O)CC(=O)NCc2ccccc2)c1. The molecule has 0 saturated heterocycles. The summed E-state index contributed by atoms with van der Waals surface area (Å²) in [5.74, 6) is -2.18. The number of amides is 4. The van der Waals surface area contributed by atoms with Gasteiger partial charge in [-0.15, -0.1) is 0 Å². The zero-order valence-corrected chi connectivity index (χ0v) is 24.4.